The van der Waals surface area contributed by atoms with E-state index in [1.807, 2.05) is 10.8 Å². The second-order valence-corrected chi connectivity index (χ2v) is 8.51. The lowest BCUT2D eigenvalue weighted by Crippen LogP contribution is -2.47. The number of guanidine groups is 1. The summed E-state index contributed by atoms with van der Waals surface area (Å²) in [4.78, 5) is 12.3. The number of hydrazine groups is 2. The lowest BCUT2D eigenvalue weighted by atomic mass is 10.1. The van der Waals surface area contributed by atoms with Gasteiger partial charge in [0.2, 0.25) is 5.96 Å². The number of alkyl halides is 3. The number of amides is 1. The number of nitriles is 1. The van der Waals surface area contributed by atoms with Crippen LogP contribution in [0.2, 0.25) is 5.02 Å². The van der Waals surface area contributed by atoms with Crippen LogP contribution in [0.3, 0.4) is 0 Å². The molecule has 1 aliphatic heterocycles. The molecule has 11 nitrogen and oxygen atoms in total. The fourth-order valence-electron chi connectivity index (χ4n) is 2.69. The summed E-state index contributed by atoms with van der Waals surface area (Å²) in [5.41, 5.74) is 4.00. The van der Waals surface area contributed by atoms with Crippen LogP contribution in [0.4, 0.5) is 18.9 Å². The molecule has 2 aromatic rings. The van der Waals surface area contributed by atoms with E-state index in [9.17, 15) is 26.4 Å². The molecule has 0 bridgehead atoms. The molecule has 2 aromatic carbocycles. The number of carbonyl (C=O) groups is 1. The number of ether oxygens (including phenoxy) is 1. The molecule has 180 valence electrons. The molecule has 0 radical (unpaired) electrons. The number of hydrogen-bond acceptors (Lipinski definition) is 9. The quantitative estimate of drug-likeness (QED) is 0.456. The summed E-state index contributed by atoms with van der Waals surface area (Å²) >= 11 is 6.17. The first-order valence-corrected chi connectivity index (χ1v) is 11.1. The van der Waals surface area contributed by atoms with Gasteiger partial charge in [0.15, 0.2) is 5.75 Å². The first-order chi connectivity index (χ1) is 15.9. The van der Waals surface area contributed by atoms with E-state index in [1.54, 1.807) is 6.92 Å². The van der Waals surface area contributed by atoms with E-state index in [2.05, 4.69) is 26.2 Å². The van der Waals surface area contributed by atoms with E-state index >= 15 is 0 Å². The van der Waals surface area contributed by atoms with Crippen molar-refractivity contribution in [3.05, 3.63) is 52.5 Å². The Labute approximate surface area is 196 Å². The Morgan fingerprint density at radius 3 is 2.53 bits per heavy atom. The predicted molar refractivity (Wildman–Crippen MR) is 114 cm³/mol. The fourth-order valence-corrected chi connectivity index (χ4v) is 4.11. The van der Waals surface area contributed by atoms with Crippen LogP contribution in [0.15, 0.2) is 46.4 Å². The van der Waals surface area contributed by atoms with Crippen LogP contribution in [0.25, 0.3) is 0 Å². The Bertz CT molecular complexity index is 1280. The zero-order chi connectivity index (χ0) is 25.1. The number of carbonyl (C=O) groups excluding carboxylic acids is 1. The van der Waals surface area contributed by atoms with Gasteiger partial charge in [0.25, 0.3) is 15.9 Å². The molecule has 0 aliphatic carbocycles. The molecule has 0 unspecified atom stereocenters. The van der Waals surface area contributed by atoms with Crippen LogP contribution in [-0.2, 0) is 10.0 Å². The Morgan fingerprint density at radius 1 is 1.26 bits per heavy atom. The van der Waals surface area contributed by atoms with Crippen molar-refractivity contribution in [2.75, 3.05) is 11.3 Å². The van der Waals surface area contributed by atoms with E-state index in [4.69, 9.17) is 16.9 Å². The van der Waals surface area contributed by atoms with Gasteiger partial charge < -0.3 is 4.74 Å². The normalized spacial score (nSPS) is 13.5. The molecule has 34 heavy (non-hydrogen) atoms. The molecule has 16 heteroatoms. The van der Waals surface area contributed by atoms with Crippen LogP contribution in [-0.4, -0.2) is 38.2 Å². The molecule has 4 N–H and O–H groups in total. The molecule has 1 aliphatic rings. The van der Waals surface area contributed by atoms with Crippen LogP contribution >= 0.6 is 11.6 Å². The van der Waals surface area contributed by atoms with Crippen LogP contribution in [0.1, 0.15) is 22.8 Å². The average molecular weight is 518 g/mol. The van der Waals surface area contributed by atoms with Gasteiger partial charge in [-0.1, -0.05) is 11.6 Å². The van der Waals surface area contributed by atoms with Crippen molar-refractivity contribution in [3.63, 3.8) is 0 Å². The Morgan fingerprint density at radius 2 is 1.94 bits per heavy atom. The number of benzene rings is 2. The van der Waals surface area contributed by atoms with E-state index in [0.717, 1.165) is 24.3 Å². The third kappa shape index (κ3) is 5.60. The number of halogens is 4. The Balaban J connectivity index is 2.00. The van der Waals surface area contributed by atoms with Crippen molar-refractivity contribution in [1.29, 1.82) is 5.26 Å². The second-order valence-electron chi connectivity index (χ2n) is 6.45. The van der Waals surface area contributed by atoms with Crippen LogP contribution < -0.4 is 25.8 Å². The van der Waals surface area contributed by atoms with Gasteiger partial charge >= 0.3 is 6.36 Å². The minimum Gasteiger partial charge on any atom is -0.403 e. The van der Waals surface area contributed by atoms with E-state index < -0.39 is 38.8 Å². The van der Waals surface area contributed by atoms with E-state index in [1.165, 1.54) is 17.1 Å². The number of hydrogen-bond donors (Lipinski definition) is 4. The maximum Gasteiger partial charge on any atom is 0.573 e. The third-order valence-corrected chi connectivity index (χ3v) is 6.01. The summed E-state index contributed by atoms with van der Waals surface area (Å²) in [6.07, 6.45) is -5.18. The summed E-state index contributed by atoms with van der Waals surface area (Å²) in [5.74, 6) is -1.83. The molecular weight excluding hydrogens is 503 g/mol. The minimum atomic E-state index is -5.18. The molecule has 0 spiro atoms. The number of rotatable bonds is 6. The minimum absolute atomic E-state index is 0.0406. The maximum atomic E-state index is 12.9. The molecule has 0 saturated carbocycles. The zero-order valence-electron chi connectivity index (χ0n) is 17.1. The van der Waals surface area contributed by atoms with Gasteiger partial charge in [-0.15, -0.1) is 23.8 Å². The second kappa shape index (κ2) is 9.63. The molecule has 3 rings (SSSR count). The Kier molecular flexibility index (Phi) is 7.05. The van der Waals surface area contributed by atoms with Crippen LogP contribution in [0.5, 0.6) is 5.75 Å². The highest BCUT2D eigenvalue weighted by Crippen LogP contribution is 2.39. The molecular formula is C18H15ClF3N7O4S. The summed E-state index contributed by atoms with van der Waals surface area (Å²) in [7, 11) is -4.49. The molecule has 0 aromatic heterocycles. The lowest BCUT2D eigenvalue weighted by molar-refractivity contribution is -0.274. The first kappa shape index (κ1) is 24.9. The lowest BCUT2D eigenvalue weighted by Gasteiger charge is -2.19. The zero-order valence-corrected chi connectivity index (χ0v) is 18.6. The van der Waals surface area contributed by atoms with Gasteiger partial charge in [-0.2, -0.15) is 5.26 Å². The van der Waals surface area contributed by atoms with Crippen molar-refractivity contribution in [1.82, 2.24) is 21.4 Å². The summed E-state index contributed by atoms with van der Waals surface area (Å²) in [6, 6.07) is 8.05. The number of nitrogens with one attached hydrogen (secondary N) is 4. The van der Waals surface area contributed by atoms with Gasteiger partial charge in [-0.3, -0.25) is 19.8 Å². The van der Waals surface area contributed by atoms with Crippen molar-refractivity contribution < 1.29 is 31.1 Å². The predicted octanol–water partition coefficient (Wildman–Crippen LogP) is 2.26. The number of sulfonamides is 1. The van der Waals surface area contributed by atoms with Crippen molar-refractivity contribution in [2.24, 2.45) is 5.10 Å². The van der Waals surface area contributed by atoms with Crippen molar-refractivity contribution >= 4 is 39.2 Å². The Hall–Kier alpha value is -3.74. The topological polar surface area (TPSA) is 148 Å². The molecule has 0 atom stereocenters. The highest BCUT2D eigenvalue weighted by molar-refractivity contribution is 7.92. The summed E-state index contributed by atoms with van der Waals surface area (Å²) in [6.45, 7) is 2.13. The average Bonchev–Trinajstić information content (AvgIpc) is 3.22. The maximum absolute atomic E-state index is 12.9. The van der Waals surface area contributed by atoms with E-state index in [-0.39, 0.29) is 22.0 Å². The number of anilines is 1. The summed E-state index contributed by atoms with van der Waals surface area (Å²) < 4.78 is 70.1. The first-order valence-electron chi connectivity index (χ1n) is 9.23. The SMILES string of the molecule is CCN1NNN=C1NC(=O)c1ccc(OC(F)(F)F)c(NS(=O)(=O)c2ccc(C#N)cc2)c1Cl. The van der Waals surface area contributed by atoms with Gasteiger partial charge in [0, 0.05) is 6.54 Å². The molecule has 0 fully saturated rings. The van der Waals surface area contributed by atoms with E-state index in [0.29, 0.717) is 6.54 Å². The highest BCUT2D eigenvalue weighted by atomic mass is 35.5. The molecule has 1 heterocycles. The smallest absolute Gasteiger partial charge is 0.403 e. The van der Waals surface area contributed by atoms with Gasteiger partial charge in [0.05, 0.1) is 27.1 Å². The summed E-state index contributed by atoms with van der Waals surface area (Å²) in [5, 5.41) is 15.8. The third-order valence-electron chi connectivity index (χ3n) is 4.25. The van der Waals surface area contributed by atoms with Crippen LogP contribution in [0, 0.1) is 11.3 Å². The number of nitrogens with zero attached hydrogens (tertiary/aromatic N) is 3. The standard InChI is InChI=1S/C18H15ClF3N7O4S/c1-2-29-17(25-27-28-29)24-16(30)12-7-8-13(33-18(20,21)22)15(14(12)19)26-34(31,32)11-5-3-10(9-23)4-6-11/h3-8,26-28H,2H2,1H3,(H,24,25,30). The number of hydrazone groups is 1. The van der Waals surface area contributed by atoms with Gasteiger partial charge in [-0.05, 0) is 43.3 Å². The van der Waals surface area contributed by atoms with Gasteiger partial charge in [-0.25, -0.2) is 14.0 Å². The van der Waals surface area contributed by atoms with Crippen molar-refractivity contribution in [3.8, 4) is 11.8 Å². The fraction of sp³-hybridized carbons (Fsp3) is 0.167. The molecule has 1 amide bonds. The van der Waals surface area contributed by atoms with Crippen molar-refractivity contribution in [2.45, 2.75) is 18.2 Å². The molecule has 0 saturated heterocycles. The van der Waals surface area contributed by atoms with Gasteiger partial charge in [0.1, 0.15) is 5.69 Å². The highest BCUT2D eigenvalue weighted by Gasteiger charge is 2.34. The monoisotopic (exact) mass is 517 g/mol. The largest absolute Gasteiger partial charge is 0.573 e.